The summed E-state index contributed by atoms with van der Waals surface area (Å²) in [4.78, 5) is 0.0399. The average Bonchev–Trinajstić information content (AvgIpc) is 2.31. The van der Waals surface area contributed by atoms with Gasteiger partial charge in [-0.05, 0) is 42.7 Å². The Labute approximate surface area is 110 Å². The van der Waals surface area contributed by atoms with Crippen molar-refractivity contribution in [3.8, 4) is 0 Å². The first-order valence-electron chi connectivity index (χ1n) is 5.54. The van der Waals surface area contributed by atoms with Crippen molar-refractivity contribution in [1.82, 2.24) is 0 Å². The lowest BCUT2D eigenvalue weighted by Gasteiger charge is -2.14. The summed E-state index contributed by atoms with van der Waals surface area (Å²) in [5.74, 6) is -0.197. The van der Waals surface area contributed by atoms with Crippen LogP contribution in [0, 0.1) is 19.7 Å². The first-order chi connectivity index (χ1) is 8.08. The molecule has 0 aliphatic heterocycles. The minimum absolute atomic E-state index is 0.0399. The number of aryl methyl sites for hydroxylation is 2. The molecule has 0 nitrogen and oxygen atoms in total. The predicted octanol–water partition coefficient (Wildman–Crippen LogP) is 4.93. The number of rotatable bonds is 2. The van der Waals surface area contributed by atoms with E-state index < -0.39 is 0 Å². The molecule has 1 atom stereocenters. The summed E-state index contributed by atoms with van der Waals surface area (Å²) in [6.07, 6.45) is 0. The van der Waals surface area contributed by atoms with Gasteiger partial charge in [0.2, 0.25) is 0 Å². The molecule has 0 bridgehead atoms. The van der Waals surface area contributed by atoms with E-state index in [4.69, 9.17) is 0 Å². The fraction of sp³-hybridized carbons (Fsp3) is 0.200. The van der Waals surface area contributed by atoms with E-state index in [1.165, 1.54) is 22.8 Å². The van der Waals surface area contributed by atoms with Gasteiger partial charge in [0.1, 0.15) is 5.82 Å². The van der Waals surface area contributed by atoms with E-state index in [0.717, 1.165) is 5.56 Å². The van der Waals surface area contributed by atoms with Gasteiger partial charge >= 0.3 is 0 Å². The monoisotopic (exact) mass is 292 g/mol. The normalized spacial score (nSPS) is 12.5. The SMILES string of the molecule is Cc1ccc(C)c(C(Br)c2cccc(F)c2)c1. The van der Waals surface area contributed by atoms with E-state index >= 15 is 0 Å². The van der Waals surface area contributed by atoms with Crippen LogP contribution in [-0.4, -0.2) is 0 Å². The minimum atomic E-state index is -0.197. The highest BCUT2D eigenvalue weighted by Gasteiger charge is 2.13. The molecular weight excluding hydrogens is 279 g/mol. The number of hydrogen-bond acceptors (Lipinski definition) is 0. The Balaban J connectivity index is 2.43. The van der Waals surface area contributed by atoms with Crippen LogP contribution in [0.3, 0.4) is 0 Å². The molecule has 0 aliphatic carbocycles. The lowest BCUT2D eigenvalue weighted by atomic mass is 9.98. The van der Waals surface area contributed by atoms with Gasteiger partial charge in [-0.3, -0.25) is 0 Å². The number of hydrogen-bond donors (Lipinski definition) is 0. The molecule has 0 aromatic heterocycles. The molecule has 0 N–H and O–H groups in total. The van der Waals surface area contributed by atoms with Gasteiger partial charge in [0.25, 0.3) is 0 Å². The fourth-order valence-electron chi connectivity index (χ4n) is 1.88. The Kier molecular flexibility index (Phi) is 3.63. The van der Waals surface area contributed by atoms with Crippen molar-refractivity contribution >= 4 is 15.9 Å². The summed E-state index contributed by atoms with van der Waals surface area (Å²) in [6.45, 7) is 4.14. The van der Waals surface area contributed by atoms with Crippen LogP contribution in [0.15, 0.2) is 42.5 Å². The third kappa shape index (κ3) is 2.75. The highest BCUT2D eigenvalue weighted by atomic mass is 79.9. The van der Waals surface area contributed by atoms with E-state index in [0.29, 0.717) is 0 Å². The smallest absolute Gasteiger partial charge is 0.123 e. The molecule has 2 aromatic rings. The molecule has 0 spiro atoms. The third-order valence-corrected chi connectivity index (χ3v) is 3.87. The molecule has 0 amide bonds. The second kappa shape index (κ2) is 5.01. The van der Waals surface area contributed by atoms with Crippen LogP contribution in [-0.2, 0) is 0 Å². The lowest BCUT2D eigenvalue weighted by molar-refractivity contribution is 0.626. The maximum atomic E-state index is 13.2. The summed E-state index contributed by atoms with van der Waals surface area (Å²) < 4.78 is 13.2. The summed E-state index contributed by atoms with van der Waals surface area (Å²) in [6, 6.07) is 13.0. The molecule has 17 heavy (non-hydrogen) atoms. The molecule has 0 radical (unpaired) electrons. The van der Waals surface area contributed by atoms with Crippen LogP contribution in [0.2, 0.25) is 0 Å². The van der Waals surface area contributed by atoms with Crippen LogP contribution < -0.4 is 0 Å². The highest BCUT2D eigenvalue weighted by molar-refractivity contribution is 9.09. The molecule has 0 fully saturated rings. The van der Waals surface area contributed by atoms with E-state index in [1.807, 2.05) is 6.07 Å². The Morgan fingerprint density at radius 1 is 1.06 bits per heavy atom. The highest BCUT2D eigenvalue weighted by Crippen LogP contribution is 2.33. The summed E-state index contributed by atoms with van der Waals surface area (Å²) in [7, 11) is 0. The van der Waals surface area contributed by atoms with Gasteiger partial charge in [0.05, 0.1) is 4.83 Å². The zero-order valence-corrected chi connectivity index (χ0v) is 11.5. The standard InChI is InChI=1S/C15H14BrF/c1-10-6-7-11(2)14(8-10)15(16)12-4-3-5-13(17)9-12/h3-9,15H,1-2H3. The van der Waals surface area contributed by atoms with Crippen LogP contribution in [0.25, 0.3) is 0 Å². The molecule has 88 valence electrons. The zero-order chi connectivity index (χ0) is 12.4. The van der Waals surface area contributed by atoms with Crippen molar-refractivity contribution in [2.45, 2.75) is 18.7 Å². The van der Waals surface area contributed by atoms with Gasteiger partial charge in [0, 0.05) is 0 Å². The van der Waals surface area contributed by atoms with Crippen molar-refractivity contribution in [1.29, 1.82) is 0 Å². The molecule has 2 heteroatoms. The van der Waals surface area contributed by atoms with Gasteiger partial charge in [-0.25, -0.2) is 4.39 Å². The Hall–Kier alpha value is -1.15. The zero-order valence-electron chi connectivity index (χ0n) is 9.87. The second-order valence-electron chi connectivity index (χ2n) is 4.28. The van der Waals surface area contributed by atoms with Crippen molar-refractivity contribution in [2.75, 3.05) is 0 Å². The van der Waals surface area contributed by atoms with E-state index in [-0.39, 0.29) is 10.6 Å². The van der Waals surface area contributed by atoms with Gasteiger partial charge < -0.3 is 0 Å². The van der Waals surface area contributed by atoms with Crippen LogP contribution >= 0.6 is 15.9 Å². The molecular formula is C15H14BrF. The first kappa shape index (κ1) is 12.3. The molecule has 1 unspecified atom stereocenters. The third-order valence-electron chi connectivity index (χ3n) is 2.85. The van der Waals surface area contributed by atoms with Crippen molar-refractivity contribution in [2.24, 2.45) is 0 Å². The van der Waals surface area contributed by atoms with E-state index in [9.17, 15) is 4.39 Å². The van der Waals surface area contributed by atoms with E-state index in [1.54, 1.807) is 12.1 Å². The van der Waals surface area contributed by atoms with Crippen LogP contribution in [0.4, 0.5) is 4.39 Å². The van der Waals surface area contributed by atoms with Crippen molar-refractivity contribution in [3.63, 3.8) is 0 Å². The van der Waals surface area contributed by atoms with Crippen molar-refractivity contribution in [3.05, 3.63) is 70.5 Å². The van der Waals surface area contributed by atoms with E-state index in [2.05, 4.69) is 48.0 Å². The molecule has 0 heterocycles. The number of alkyl halides is 1. The average molecular weight is 293 g/mol. The van der Waals surface area contributed by atoms with Crippen LogP contribution in [0.1, 0.15) is 27.1 Å². The number of halogens is 2. The van der Waals surface area contributed by atoms with Gasteiger partial charge in [-0.15, -0.1) is 0 Å². The van der Waals surface area contributed by atoms with Crippen molar-refractivity contribution < 1.29 is 4.39 Å². The molecule has 0 saturated heterocycles. The quantitative estimate of drug-likeness (QED) is 0.689. The topological polar surface area (TPSA) is 0 Å². The summed E-state index contributed by atoms with van der Waals surface area (Å²) in [5, 5.41) is 0. The minimum Gasteiger partial charge on any atom is -0.207 e. The molecule has 2 aromatic carbocycles. The molecule has 0 saturated carbocycles. The summed E-state index contributed by atoms with van der Waals surface area (Å²) in [5.41, 5.74) is 4.56. The Morgan fingerprint density at radius 3 is 2.53 bits per heavy atom. The Morgan fingerprint density at radius 2 is 1.82 bits per heavy atom. The lowest BCUT2D eigenvalue weighted by Crippen LogP contribution is -1.97. The molecule has 2 rings (SSSR count). The van der Waals surface area contributed by atoms with Gasteiger partial charge in [0.15, 0.2) is 0 Å². The summed E-state index contributed by atoms with van der Waals surface area (Å²) >= 11 is 3.65. The maximum Gasteiger partial charge on any atom is 0.123 e. The largest absolute Gasteiger partial charge is 0.207 e. The van der Waals surface area contributed by atoms with Crippen LogP contribution in [0.5, 0.6) is 0 Å². The fourth-order valence-corrected chi connectivity index (χ4v) is 2.65. The maximum absolute atomic E-state index is 13.2. The second-order valence-corrected chi connectivity index (χ2v) is 5.19. The first-order valence-corrected chi connectivity index (χ1v) is 6.46. The molecule has 0 aliphatic rings. The number of benzene rings is 2. The Bertz CT molecular complexity index is 534. The van der Waals surface area contributed by atoms with Gasteiger partial charge in [-0.2, -0.15) is 0 Å². The predicted molar refractivity (Wildman–Crippen MR) is 73.1 cm³/mol. The van der Waals surface area contributed by atoms with Gasteiger partial charge in [-0.1, -0.05) is 51.8 Å².